The monoisotopic (exact) mass is 530 g/mol. The van der Waals surface area contributed by atoms with Crippen molar-refractivity contribution in [2.24, 2.45) is 0 Å². The molecule has 0 aliphatic heterocycles. The van der Waals surface area contributed by atoms with Gasteiger partial charge in [-0.25, -0.2) is 0 Å². The van der Waals surface area contributed by atoms with Crippen LogP contribution in [-0.2, 0) is 29.0 Å². The minimum atomic E-state index is -0.770. The summed E-state index contributed by atoms with van der Waals surface area (Å²) in [5, 5.41) is 4.43. The van der Waals surface area contributed by atoms with Crippen LogP contribution < -0.4 is 5.32 Å². The molecule has 4 nitrogen and oxygen atoms in total. The van der Waals surface area contributed by atoms with E-state index in [4.69, 9.17) is 34.8 Å². The van der Waals surface area contributed by atoms with E-state index in [1.54, 1.807) is 29.2 Å². The molecule has 0 aromatic heterocycles. The molecule has 0 radical (unpaired) electrons. The van der Waals surface area contributed by atoms with Crippen LogP contribution in [0.1, 0.15) is 37.0 Å². The van der Waals surface area contributed by atoms with Crippen LogP contribution in [-0.4, -0.2) is 28.8 Å². The quantitative estimate of drug-likeness (QED) is 0.315. The van der Waals surface area contributed by atoms with Crippen molar-refractivity contribution in [2.45, 2.75) is 51.7 Å². The molecule has 35 heavy (non-hydrogen) atoms. The number of carbonyl (C=O) groups is 2. The first-order valence-electron chi connectivity index (χ1n) is 11.6. The van der Waals surface area contributed by atoms with Gasteiger partial charge < -0.3 is 10.2 Å². The molecule has 3 rings (SSSR count). The van der Waals surface area contributed by atoms with Crippen LogP contribution in [0.15, 0.2) is 72.8 Å². The Labute approximate surface area is 222 Å². The van der Waals surface area contributed by atoms with Gasteiger partial charge >= 0.3 is 0 Å². The van der Waals surface area contributed by atoms with E-state index < -0.39 is 6.04 Å². The summed E-state index contributed by atoms with van der Waals surface area (Å²) < 4.78 is 0. The van der Waals surface area contributed by atoms with Crippen LogP contribution in [0.3, 0.4) is 0 Å². The first kappa shape index (κ1) is 27.1. The Balaban J connectivity index is 2.03. The molecule has 2 amide bonds. The van der Waals surface area contributed by atoms with Gasteiger partial charge in [0, 0.05) is 39.6 Å². The zero-order chi connectivity index (χ0) is 25.4. The molecule has 3 aromatic carbocycles. The second-order valence-corrected chi connectivity index (χ2v) is 9.74. The number of rotatable bonds is 10. The minimum absolute atomic E-state index is 0.0369. The summed E-state index contributed by atoms with van der Waals surface area (Å²) in [6, 6.07) is 21.3. The summed E-state index contributed by atoms with van der Waals surface area (Å²) in [7, 11) is 0. The number of halogens is 3. The van der Waals surface area contributed by atoms with Crippen molar-refractivity contribution < 1.29 is 9.59 Å². The summed E-state index contributed by atoms with van der Waals surface area (Å²) in [5.74, 6) is -0.465. The maximum atomic E-state index is 13.8. The number of nitrogens with zero attached hydrogens (tertiary/aromatic N) is 1. The lowest BCUT2D eigenvalue weighted by molar-refractivity contribution is -0.141. The van der Waals surface area contributed by atoms with E-state index in [9.17, 15) is 9.59 Å². The molecule has 0 aliphatic carbocycles. The Kier molecular flexibility index (Phi) is 10.0. The van der Waals surface area contributed by atoms with Gasteiger partial charge in [-0.2, -0.15) is 0 Å². The van der Waals surface area contributed by atoms with E-state index in [-0.39, 0.29) is 30.8 Å². The fourth-order valence-electron chi connectivity index (χ4n) is 3.76. The summed E-state index contributed by atoms with van der Waals surface area (Å²) in [6.07, 6.45) is 1.16. The first-order chi connectivity index (χ1) is 16.8. The predicted octanol–water partition coefficient (Wildman–Crippen LogP) is 6.74. The van der Waals surface area contributed by atoms with Gasteiger partial charge in [-0.05, 0) is 42.7 Å². The number of hydrogen-bond donors (Lipinski definition) is 1. The van der Waals surface area contributed by atoms with Gasteiger partial charge in [0.05, 0.1) is 6.42 Å². The Morgan fingerprint density at radius 2 is 1.46 bits per heavy atom. The van der Waals surface area contributed by atoms with Crippen LogP contribution in [0.2, 0.25) is 15.1 Å². The summed E-state index contributed by atoms with van der Waals surface area (Å²) >= 11 is 19.3. The second kappa shape index (κ2) is 13.0. The number of nitrogens with one attached hydrogen (secondary N) is 1. The first-order valence-corrected chi connectivity index (χ1v) is 12.7. The van der Waals surface area contributed by atoms with E-state index in [0.717, 1.165) is 12.0 Å². The second-order valence-electron chi connectivity index (χ2n) is 8.51. The maximum absolute atomic E-state index is 13.8. The van der Waals surface area contributed by atoms with Crippen molar-refractivity contribution in [3.05, 3.63) is 105 Å². The molecule has 0 heterocycles. The summed E-state index contributed by atoms with van der Waals surface area (Å²) in [4.78, 5) is 28.9. The fraction of sp³-hybridized carbons (Fsp3) is 0.286. The Bertz CT molecular complexity index is 1130. The number of amides is 2. The highest BCUT2D eigenvalue weighted by atomic mass is 35.5. The Morgan fingerprint density at radius 1 is 0.857 bits per heavy atom. The van der Waals surface area contributed by atoms with Crippen molar-refractivity contribution in [3.63, 3.8) is 0 Å². The smallest absolute Gasteiger partial charge is 0.243 e. The molecule has 184 valence electrons. The zero-order valence-electron chi connectivity index (χ0n) is 19.8. The average molecular weight is 532 g/mol. The van der Waals surface area contributed by atoms with E-state index in [0.29, 0.717) is 32.6 Å². The fourth-order valence-corrected chi connectivity index (χ4v) is 4.47. The summed E-state index contributed by atoms with van der Waals surface area (Å²) in [6.45, 7) is 4.03. The van der Waals surface area contributed by atoms with E-state index in [2.05, 4.69) is 5.32 Å². The molecule has 3 aromatic rings. The number of hydrogen-bond acceptors (Lipinski definition) is 2. The largest absolute Gasteiger partial charge is 0.352 e. The van der Waals surface area contributed by atoms with E-state index >= 15 is 0 Å². The lowest BCUT2D eigenvalue weighted by Crippen LogP contribution is -2.52. The molecule has 0 saturated carbocycles. The molecule has 0 bridgehead atoms. The van der Waals surface area contributed by atoms with Crippen molar-refractivity contribution >= 4 is 46.6 Å². The van der Waals surface area contributed by atoms with Gasteiger partial charge in [-0.15, -0.1) is 0 Å². The van der Waals surface area contributed by atoms with Gasteiger partial charge in [0.2, 0.25) is 11.8 Å². The molecule has 1 N–H and O–H groups in total. The SMILES string of the molecule is CC[C@@H](C)NC(=O)[C@H](Cc1ccccc1)N(Cc1c(Cl)cccc1Cl)C(=O)Cc1ccccc1Cl. The molecular weight excluding hydrogens is 503 g/mol. The standard InChI is InChI=1S/C28H29Cl3N2O2/c1-3-19(2)32-28(35)26(16-20-10-5-4-6-11-20)33(18-22-24(30)14-9-15-25(22)31)27(34)17-21-12-7-8-13-23(21)29/h4-15,19,26H,3,16-18H2,1-2H3,(H,32,35)/t19-,26+/m1/s1. The normalized spacial score (nSPS) is 12.6. The molecule has 0 fully saturated rings. The van der Waals surface area contributed by atoms with Crippen LogP contribution in [0, 0.1) is 0 Å². The Hall–Kier alpha value is -2.53. The topological polar surface area (TPSA) is 49.4 Å². The van der Waals surface area contributed by atoms with Crippen molar-refractivity contribution in [2.75, 3.05) is 0 Å². The molecule has 0 unspecified atom stereocenters. The predicted molar refractivity (Wildman–Crippen MR) is 144 cm³/mol. The van der Waals surface area contributed by atoms with Gasteiger partial charge in [0.25, 0.3) is 0 Å². The highest BCUT2D eigenvalue weighted by Crippen LogP contribution is 2.28. The third-order valence-corrected chi connectivity index (χ3v) is 7.04. The highest BCUT2D eigenvalue weighted by molar-refractivity contribution is 6.36. The van der Waals surface area contributed by atoms with Gasteiger partial charge in [0.1, 0.15) is 6.04 Å². The van der Waals surface area contributed by atoms with Crippen molar-refractivity contribution in [1.29, 1.82) is 0 Å². The molecule has 0 spiro atoms. The van der Waals surface area contributed by atoms with Gasteiger partial charge in [-0.1, -0.05) is 96.3 Å². The van der Waals surface area contributed by atoms with Crippen LogP contribution >= 0.6 is 34.8 Å². The lowest BCUT2D eigenvalue weighted by Gasteiger charge is -2.33. The van der Waals surface area contributed by atoms with Crippen LogP contribution in [0.4, 0.5) is 0 Å². The van der Waals surface area contributed by atoms with Crippen molar-refractivity contribution in [3.8, 4) is 0 Å². The molecular formula is C28H29Cl3N2O2. The third-order valence-electron chi connectivity index (χ3n) is 5.96. The highest BCUT2D eigenvalue weighted by Gasteiger charge is 2.32. The van der Waals surface area contributed by atoms with Gasteiger partial charge in [0.15, 0.2) is 0 Å². The van der Waals surface area contributed by atoms with Crippen LogP contribution in [0.25, 0.3) is 0 Å². The molecule has 2 atom stereocenters. The average Bonchev–Trinajstić information content (AvgIpc) is 2.84. The van der Waals surface area contributed by atoms with Crippen LogP contribution in [0.5, 0.6) is 0 Å². The molecule has 7 heteroatoms. The molecule has 0 saturated heterocycles. The minimum Gasteiger partial charge on any atom is -0.352 e. The Morgan fingerprint density at radius 3 is 2.09 bits per heavy atom. The number of benzene rings is 3. The zero-order valence-corrected chi connectivity index (χ0v) is 22.1. The van der Waals surface area contributed by atoms with E-state index in [1.165, 1.54) is 0 Å². The lowest BCUT2D eigenvalue weighted by atomic mass is 10.0. The van der Waals surface area contributed by atoms with Gasteiger partial charge in [-0.3, -0.25) is 9.59 Å². The number of carbonyl (C=O) groups excluding carboxylic acids is 2. The summed E-state index contributed by atoms with van der Waals surface area (Å²) in [5.41, 5.74) is 2.23. The maximum Gasteiger partial charge on any atom is 0.243 e. The molecule has 0 aliphatic rings. The van der Waals surface area contributed by atoms with Crippen molar-refractivity contribution in [1.82, 2.24) is 10.2 Å². The van der Waals surface area contributed by atoms with E-state index in [1.807, 2.05) is 62.4 Å². The third kappa shape index (κ3) is 7.47.